The Hall–Kier alpha value is -3.34. The van der Waals surface area contributed by atoms with E-state index >= 15 is 4.39 Å². The van der Waals surface area contributed by atoms with Crippen LogP contribution in [0, 0.1) is 29.6 Å². The van der Waals surface area contributed by atoms with Crippen LogP contribution < -0.4 is 0 Å². The topological polar surface area (TPSA) is 195 Å². The molecule has 15 heteroatoms. The van der Waals surface area contributed by atoms with Gasteiger partial charge in [0.05, 0.1) is 24.4 Å². The fourth-order valence-electron chi connectivity index (χ4n) is 9.51. The minimum Gasteiger partial charge on any atom is -0.480 e. The number of methoxy groups -OCH3 is 2. The molecule has 0 aromatic heterocycles. The second kappa shape index (κ2) is 22.1. The van der Waals surface area contributed by atoms with Crippen molar-refractivity contribution in [1.82, 2.24) is 4.90 Å². The Morgan fingerprint density at radius 3 is 2.33 bits per heavy atom. The quantitative estimate of drug-likeness (QED) is 0.158. The largest absolute Gasteiger partial charge is 0.480 e. The number of carbonyl (C=O) groups excluding carboxylic acids is 4. The molecule has 1 unspecified atom stereocenters. The molecule has 14 atom stereocenters. The maximum Gasteiger partial charge on any atom is 0.329 e. The van der Waals surface area contributed by atoms with Crippen LogP contribution in [0.3, 0.4) is 0 Å². The number of alkyl halides is 1. The number of esters is 1. The number of Topliss-reactive ketones (excluding diaryl/α,β-unsaturated/α-hetero) is 2. The van der Waals surface area contributed by atoms with Crippen LogP contribution in [0.5, 0.6) is 0 Å². The zero-order chi connectivity index (χ0) is 44.5. The molecule has 338 valence electrons. The normalized spacial score (nSPS) is 39.4. The molecule has 60 heavy (non-hydrogen) atoms. The van der Waals surface area contributed by atoms with E-state index in [1.54, 1.807) is 32.9 Å². The molecule has 0 aromatic rings. The second-order valence-electron chi connectivity index (χ2n) is 17.7. The van der Waals surface area contributed by atoms with E-state index in [4.69, 9.17) is 28.8 Å². The van der Waals surface area contributed by atoms with Crippen LogP contribution in [0.25, 0.3) is 0 Å². The summed E-state index contributed by atoms with van der Waals surface area (Å²) < 4.78 is 44.6. The first-order chi connectivity index (χ1) is 28.3. The predicted octanol–water partition coefficient (Wildman–Crippen LogP) is 5.07. The molecule has 1 aliphatic carbocycles. The van der Waals surface area contributed by atoms with Gasteiger partial charge in [-0.2, -0.15) is 0 Å². The Balaban J connectivity index is 1.75. The third-order valence-electron chi connectivity index (χ3n) is 12.9. The number of halogens is 1. The molecule has 3 heterocycles. The molecular formula is C45H68FNO13. The molecule has 0 spiro atoms. The third-order valence-corrected chi connectivity index (χ3v) is 12.9. The first kappa shape index (κ1) is 49.3. The van der Waals surface area contributed by atoms with Gasteiger partial charge in [0.2, 0.25) is 5.79 Å². The van der Waals surface area contributed by atoms with Gasteiger partial charge in [-0.15, -0.1) is 6.58 Å². The number of carbonyl (C=O) groups is 5. The first-order valence-electron chi connectivity index (χ1n) is 21.5. The van der Waals surface area contributed by atoms with Crippen LogP contribution >= 0.6 is 0 Å². The summed E-state index contributed by atoms with van der Waals surface area (Å²) in [6, 6.07) is -1.22. The van der Waals surface area contributed by atoms with Gasteiger partial charge in [0.1, 0.15) is 36.8 Å². The van der Waals surface area contributed by atoms with Crippen LogP contribution in [0.2, 0.25) is 0 Å². The van der Waals surface area contributed by atoms with E-state index in [0.717, 1.165) is 10.5 Å². The predicted molar refractivity (Wildman–Crippen MR) is 218 cm³/mol. The molecule has 4 aliphatic rings. The highest BCUT2D eigenvalue weighted by Gasteiger charge is 2.56. The number of nitrogens with zero attached hydrogens (tertiary/aromatic N) is 1. The van der Waals surface area contributed by atoms with Crippen LogP contribution in [-0.2, 0) is 47.7 Å². The van der Waals surface area contributed by atoms with Crippen molar-refractivity contribution in [3.63, 3.8) is 0 Å². The molecule has 3 N–H and O–H groups in total. The molecule has 2 bridgehead atoms. The third kappa shape index (κ3) is 12.2. The number of hydrogen-bond acceptors (Lipinski definition) is 12. The number of piperidine rings is 1. The number of carboxylic acids is 1. The van der Waals surface area contributed by atoms with E-state index in [1.807, 2.05) is 19.9 Å². The summed E-state index contributed by atoms with van der Waals surface area (Å²) in [5, 5.41) is 32.7. The Morgan fingerprint density at radius 1 is 1.02 bits per heavy atom. The number of aliphatic hydroxyl groups excluding tert-OH is 1. The van der Waals surface area contributed by atoms with Gasteiger partial charge >= 0.3 is 11.9 Å². The Labute approximate surface area is 353 Å². The number of amides is 1. The molecule has 2 saturated heterocycles. The maximum atomic E-state index is 15.2. The van der Waals surface area contributed by atoms with Gasteiger partial charge in [-0.1, -0.05) is 44.6 Å². The fourth-order valence-corrected chi connectivity index (χ4v) is 9.51. The van der Waals surface area contributed by atoms with E-state index in [-0.39, 0.29) is 56.3 Å². The van der Waals surface area contributed by atoms with Gasteiger partial charge in [0.25, 0.3) is 11.7 Å². The summed E-state index contributed by atoms with van der Waals surface area (Å²) >= 11 is 0. The monoisotopic (exact) mass is 849 g/mol. The number of aliphatic carboxylic acids is 1. The number of rotatable bonds is 9. The Bertz CT molecular complexity index is 1600. The van der Waals surface area contributed by atoms with E-state index in [1.165, 1.54) is 14.2 Å². The maximum absolute atomic E-state index is 15.2. The zero-order valence-corrected chi connectivity index (χ0v) is 36.4. The lowest BCUT2D eigenvalue weighted by Gasteiger charge is -2.47. The lowest BCUT2D eigenvalue weighted by Crippen LogP contribution is -2.64. The number of ether oxygens (including phenoxy) is 5. The van der Waals surface area contributed by atoms with Crippen LogP contribution in [-0.4, -0.2) is 132 Å². The molecule has 14 nitrogen and oxygen atoms in total. The van der Waals surface area contributed by atoms with Gasteiger partial charge in [0, 0.05) is 44.9 Å². The number of hydrogen-bond donors (Lipinski definition) is 3. The smallest absolute Gasteiger partial charge is 0.329 e. The summed E-state index contributed by atoms with van der Waals surface area (Å²) in [6.07, 6.45) is 1.57. The van der Waals surface area contributed by atoms with Gasteiger partial charge in [0.15, 0.2) is 0 Å². The molecule has 3 fully saturated rings. The molecular weight excluding hydrogens is 781 g/mol. The average molecular weight is 850 g/mol. The van der Waals surface area contributed by atoms with E-state index in [2.05, 4.69) is 6.58 Å². The first-order valence-corrected chi connectivity index (χ1v) is 21.5. The fraction of sp³-hybridized carbons (Fsp3) is 0.756. The molecule has 1 amide bonds. The minimum absolute atomic E-state index is 0.0240. The number of carboxylic acid groups (broad SMARTS) is 1. The molecule has 4 rings (SSSR count). The number of cyclic esters (lactones) is 1. The van der Waals surface area contributed by atoms with Crippen molar-refractivity contribution >= 4 is 29.4 Å². The van der Waals surface area contributed by atoms with Gasteiger partial charge in [-0.25, -0.2) is 14.0 Å². The Morgan fingerprint density at radius 2 is 1.70 bits per heavy atom. The summed E-state index contributed by atoms with van der Waals surface area (Å²) in [4.78, 5) is 68.8. The summed E-state index contributed by atoms with van der Waals surface area (Å²) in [7, 11) is 3.01. The van der Waals surface area contributed by atoms with Crippen molar-refractivity contribution < 1.29 is 67.4 Å². The van der Waals surface area contributed by atoms with Gasteiger partial charge in [-0.3, -0.25) is 14.4 Å². The van der Waals surface area contributed by atoms with Gasteiger partial charge < -0.3 is 43.9 Å². The van der Waals surface area contributed by atoms with Crippen LogP contribution in [0.15, 0.2) is 36.0 Å². The molecule has 0 aromatic carbocycles. The number of aliphatic hydroxyl groups is 2. The zero-order valence-electron chi connectivity index (χ0n) is 36.4. The van der Waals surface area contributed by atoms with Crippen molar-refractivity contribution in [3.05, 3.63) is 36.0 Å². The van der Waals surface area contributed by atoms with Crippen molar-refractivity contribution in [2.45, 2.75) is 160 Å². The van der Waals surface area contributed by atoms with Crippen molar-refractivity contribution in [1.29, 1.82) is 0 Å². The highest BCUT2D eigenvalue weighted by Crippen LogP contribution is 2.39. The molecule has 1 saturated carbocycles. The highest BCUT2D eigenvalue weighted by molar-refractivity contribution is 6.39. The lowest BCUT2D eigenvalue weighted by molar-refractivity contribution is -0.302. The van der Waals surface area contributed by atoms with E-state index in [9.17, 15) is 34.2 Å². The Kier molecular flexibility index (Phi) is 18.2. The van der Waals surface area contributed by atoms with Gasteiger partial charge in [-0.05, 0) is 95.5 Å². The number of allylic oxidation sites excluding steroid dienone is 4. The van der Waals surface area contributed by atoms with E-state index in [0.29, 0.717) is 44.1 Å². The summed E-state index contributed by atoms with van der Waals surface area (Å²) in [5.41, 5.74) is 1.41. The standard InChI is InChI=1S/C45H68FNO13/c1-9-12-31-18-25(2)17-26(3)19-37(56-7)41-38(57-8)21-28(5)45(55,60-41)42(52)43(53)47-16-11-10-13-33(47)44(54)59-40(29(6)34(48)23-35(31)49)27(4)20-30-14-15-36(32(46)22-30)58-24-39(50)51/h9,18,20,26,28-34,36-38,40-41,48,55H,1,10-17,19,21-24H2,2-8H3,(H,50,51)/b25-18+,27-20+/t26-,28+,29+,30-,31+,32?,33-,34-,36+,37-,38-,40-,41+,45+/m0/s1. The van der Waals surface area contributed by atoms with Crippen molar-refractivity contribution in [2.75, 3.05) is 27.4 Å². The van der Waals surface area contributed by atoms with Crippen LogP contribution in [0.1, 0.15) is 105 Å². The molecule has 0 radical (unpaired) electrons. The number of ketones is 2. The highest BCUT2D eigenvalue weighted by atomic mass is 19.1. The average Bonchev–Trinajstić information content (AvgIpc) is 3.20. The lowest BCUT2D eigenvalue weighted by atomic mass is 9.82. The van der Waals surface area contributed by atoms with Crippen molar-refractivity contribution in [3.8, 4) is 0 Å². The molecule has 3 aliphatic heterocycles. The minimum atomic E-state index is -2.55. The summed E-state index contributed by atoms with van der Waals surface area (Å²) in [5.74, 6) is -9.80. The second-order valence-corrected chi connectivity index (χ2v) is 17.7. The van der Waals surface area contributed by atoms with E-state index < -0.39 is 103 Å². The SMILES string of the molecule is C=CC[C@@H]1/C=C(\C)C[C@H](C)C[C@H](OC)[C@H]2O[C@@](O)(C(=O)C(=O)N3CCCC[C@H]3C(=O)O[C@@H](/C(C)=C/[C@@H]3CC[C@@H](OCC(=O)O)C(F)C3)[C@H](C)[C@@H](O)CC1=O)[C@H](C)C[C@@H]2OC. The summed E-state index contributed by atoms with van der Waals surface area (Å²) in [6.45, 7) is 12.2. The number of fused-ring (bicyclic) bond motifs is 3. The van der Waals surface area contributed by atoms with Crippen molar-refractivity contribution in [2.24, 2.45) is 29.6 Å². The van der Waals surface area contributed by atoms with Crippen LogP contribution in [0.4, 0.5) is 4.39 Å².